The van der Waals surface area contributed by atoms with Gasteiger partial charge < -0.3 is 9.73 Å². The summed E-state index contributed by atoms with van der Waals surface area (Å²) in [5.74, 6) is 1.58. The lowest BCUT2D eigenvalue weighted by Gasteiger charge is -2.23. The minimum absolute atomic E-state index is 0.452. The van der Waals surface area contributed by atoms with E-state index in [4.69, 9.17) is 14.4 Å². The molecule has 0 amide bonds. The van der Waals surface area contributed by atoms with Gasteiger partial charge in [-0.2, -0.15) is 0 Å². The maximum Gasteiger partial charge on any atom is 0.169 e. The third kappa shape index (κ3) is 4.69. The van der Waals surface area contributed by atoms with Crippen LogP contribution in [0.3, 0.4) is 0 Å². The summed E-state index contributed by atoms with van der Waals surface area (Å²) in [6.07, 6.45) is -0.452. The largest absolute Gasteiger partial charge is 0.456 e. The molecule has 4 nitrogen and oxygen atoms in total. The molecular formula is C39H27N3O. The number of benzene rings is 6. The Balaban J connectivity index is 1.31. The number of nitrogens with zero attached hydrogens (tertiary/aromatic N) is 2. The number of para-hydroxylation sites is 1. The quantitative estimate of drug-likeness (QED) is 0.231. The van der Waals surface area contributed by atoms with Crippen LogP contribution in [0, 0.1) is 0 Å². The molecular weight excluding hydrogens is 526 g/mol. The van der Waals surface area contributed by atoms with Crippen LogP contribution in [0.25, 0.3) is 44.2 Å². The van der Waals surface area contributed by atoms with Gasteiger partial charge in [-0.1, -0.05) is 133 Å². The van der Waals surface area contributed by atoms with E-state index in [2.05, 4.69) is 102 Å². The van der Waals surface area contributed by atoms with Crippen LogP contribution in [0.5, 0.6) is 0 Å². The number of amidine groups is 2. The SMILES string of the molecule is c1ccc(C2=NC(c3cc(-c4ccc(-c5ccccc5)cc4)c4c(c3)oc3ccccc34)N=C(c3ccccc3)N2)cc1. The lowest BCUT2D eigenvalue weighted by atomic mass is 9.94. The molecule has 8 rings (SSSR count). The van der Waals surface area contributed by atoms with Crippen LogP contribution in [0.15, 0.2) is 166 Å². The molecule has 204 valence electrons. The number of aliphatic imine (C=N–C) groups is 2. The fraction of sp³-hybridized carbons (Fsp3) is 0.0256. The van der Waals surface area contributed by atoms with Gasteiger partial charge in [-0.05, 0) is 40.5 Å². The molecule has 0 saturated heterocycles. The Labute approximate surface area is 249 Å². The lowest BCUT2D eigenvalue weighted by Crippen LogP contribution is -2.36. The smallest absolute Gasteiger partial charge is 0.169 e. The fourth-order valence-electron chi connectivity index (χ4n) is 5.81. The predicted molar refractivity (Wildman–Crippen MR) is 176 cm³/mol. The first-order valence-corrected chi connectivity index (χ1v) is 14.4. The topological polar surface area (TPSA) is 49.9 Å². The Bertz CT molecular complexity index is 2070. The molecule has 1 aromatic heterocycles. The molecule has 0 fully saturated rings. The maximum absolute atomic E-state index is 6.45. The lowest BCUT2D eigenvalue weighted by molar-refractivity contribution is 0.665. The number of furan rings is 1. The highest BCUT2D eigenvalue weighted by Gasteiger charge is 2.23. The molecule has 1 aliphatic rings. The fourth-order valence-corrected chi connectivity index (χ4v) is 5.81. The second-order valence-corrected chi connectivity index (χ2v) is 10.7. The van der Waals surface area contributed by atoms with Crippen LogP contribution in [0.2, 0.25) is 0 Å². The third-order valence-corrected chi connectivity index (χ3v) is 7.94. The number of fused-ring (bicyclic) bond motifs is 3. The van der Waals surface area contributed by atoms with Crippen molar-refractivity contribution in [3.63, 3.8) is 0 Å². The van der Waals surface area contributed by atoms with Gasteiger partial charge in [-0.3, -0.25) is 0 Å². The number of hydrogen-bond acceptors (Lipinski definition) is 4. The third-order valence-electron chi connectivity index (χ3n) is 7.94. The van der Waals surface area contributed by atoms with Crippen LogP contribution in [0.4, 0.5) is 0 Å². The van der Waals surface area contributed by atoms with E-state index in [1.807, 2.05) is 54.6 Å². The zero-order chi connectivity index (χ0) is 28.6. The molecule has 0 bridgehead atoms. The van der Waals surface area contributed by atoms with Crippen molar-refractivity contribution >= 4 is 33.6 Å². The molecule has 0 atom stereocenters. The van der Waals surface area contributed by atoms with E-state index < -0.39 is 6.17 Å². The first-order chi connectivity index (χ1) is 21.3. The van der Waals surface area contributed by atoms with Crippen molar-refractivity contribution in [3.05, 3.63) is 168 Å². The monoisotopic (exact) mass is 553 g/mol. The van der Waals surface area contributed by atoms with Crippen molar-refractivity contribution in [3.8, 4) is 22.3 Å². The van der Waals surface area contributed by atoms with Gasteiger partial charge in [-0.15, -0.1) is 0 Å². The Morgan fingerprint density at radius 3 is 1.60 bits per heavy atom. The van der Waals surface area contributed by atoms with E-state index in [0.717, 1.165) is 61.4 Å². The molecule has 43 heavy (non-hydrogen) atoms. The molecule has 0 aliphatic carbocycles. The van der Waals surface area contributed by atoms with Gasteiger partial charge in [0.25, 0.3) is 0 Å². The van der Waals surface area contributed by atoms with E-state index >= 15 is 0 Å². The Hall–Kier alpha value is -5.74. The first kappa shape index (κ1) is 25.0. The second-order valence-electron chi connectivity index (χ2n) is 10.7. The molecule has 0 unspecified atom stereocenters. The normalized spacial score (nSPS) is 13.5. The molecule has 0 saturated carbocycles. The zero-order valence-corrected chi connectivity index (χ0v) is 23.3. The van der Waals surface area contributed by atoms with Gasteiger partial charge in [0.05, 0.1) is 0 Å². The van der Waals surface area contributed by atoms with Crippen LogP contribution in [-0.4, -0.2) is 11.7 Å². The van der Waals surface area contributed by atoms with E-state index in [0.29, 0.717) is 0 Å². The molecule has 2 heterocycles. The molecule has 4 heteroatoms. The summed E-state index contributed by atoms with van der Waals surface area (Å²) in [7, 11) is 0. The number of nitrogens with one attached hydrogen (secondary N) is 1. The molecule has 1 N–H and O–H groups in total. The summed E-state index contributed by atoms with van der Waals surface area (Å²) in [6, 6.07) is 52.2. The molecule has 0 radical (unpaired) electrons. The van der Waals surface area contributed by atoms with E-state index in [-0.39, 0.29) is 0 Å². The zero-order valence-electron chi connectivity index (χ0n) is 23.3. The second kappa shape index (κ2) is 10.6. The van der Waals surface area contributed by atoms with Gasteiger partial charge in [0.1, 0.15) is 22.8 Å². The maximum atomic E-state index is 6.45. The van der Waals surface area contributed by atoms with Crippen molar-refractivity contribution in [1.82, 2.24) is 5.32 Å². The van der Waals surface area contributed by atoms with Crippen LogP contribution in [0.1, 0.15) is 22.9 Å². The first-order valence-electron chi connectivity index (χ1n) is 14.4. The van der Waals surface area contributed by atoms with Gasteiger partial charge in [0.15, 0.2) is 6.17 Å². The summed E-state index contributed by atoms with van der Waals surface area (Å²) < 4.78 is 6.45. The van der Waals surface area contributed by atoms with Gasteiger partial charge >= 0.3 is 0 Å². The van der Waals surface area contributed by atoms with E-state index in [1.54, 1.807) is 0 Å². The van der Waals surface area contributed by atoms with Crippen molar-refractivity contribution < 1.29 is 4.42 Å². The van der Waals surface area contributed by atoms with E-state index in [9.17, 15) is 0 Å². The number of rotatable bonds is 5. The predicted octanol–water partition coefficient (Wildman–Crippen LogP) is 9.42. The molecule has 1 aliphatic heterocycles. The average Bonchev–Trinajstić information content (AvgIpc) is 3.48. The van der Waals surface area contributed by atoms with Crippen molar-refractivity contribution in [1.29, 1.82) is 0 Å². The number of hydrogen-bond donors (Lipinski definition) is 1. The summed E-state index contributed by atoms with van der Waals surface area (Å²) >= 11 is 0. The Morgan fingerprint density at radius 2 is 0.977 bits per heavy atom. The van der Waals surface area contributed by atoms with Crippen LogP contribution in [-0.2, 0) is 0 Å². The summed E-state index contributed by atoms with van der Waals surface area (Å²) in [5, 5.41) is 5.68. The minimum Gasteiger partial charge on any atom is -0.456 e. The van der Waals surface area contributed by atoms with Gasteiger partial charge in [-0.25, -0.2) is 9.98 Å². The Kier molecular flexibility index (Phi) is 6.16. The molecule has 6 aromatic carbocycles. The van der Waals surface area contributed by atoms with Crippen molar-refractivity contribution in [2.45, 2.75) is 6.17 Å². The van der Waals surface area contributed by atoms with E-state index in [1.165, 1.54) is 11.1 Å². The standard InChI is InChI=1S/C39H27N3O/c1-4-12-26(13-5-1)27-20-22-28(23-21-27)33-24-31(25-35-36(33)32-18-10-11-19-34(32)43-35)39-41-37(29-14-6-2-7-15-29)40-38(42-39)30-16-8-3-9-17-30/h1-25,39H,(H,40,41,42). The summed E-state index contributed by atoms with van der Waals surface area (Å²) in [6.45, 7) is 0. The minimum atomic E-state index is -0.452. The van der Waals surface area contributed by atoms with Crippen LogP contribution < -0.4 is 5.32 Å². The molecule has 0 spiro atoms. The molecule has 7 aromatic rings. The highest BCUT2D eigenvalue weighted by molar-refractivity contribution is 6.16. The highest BCUT2D eigenvalue weighted by atomic mass is 16.3. The van der Waals surface area contributed by atoms with Crippen molar-refractivity contribution in [2.24, 2.45) is 9.98 Å². The highest BCUT2D eigenvalue weighted by Crippen LogP contribution is 2.40. The van der Waals surface area contributed by atoms with Gasteiger partial charge in [0, 0.05) is 27.5 Å². The van der Waals surface area contributed by atoms with Gasteiger partial charge in [0.2, 0.25) is 0 Å². The summed E-state index contributed by atoms with van der Waals surface area (Å²) in [5.41, 5.74) is 9.28. The van der Waals surface area contributed by atoms with Crippen LogP contribution >= 0.6 is 0 Å². The summed E-state index contributed by atoms with van der Waals surface area (Å²) in [4.78, 5) is 10.2. The van der Waals surface area contributed by atoms with Crippen molar-refractivity contribution in [2.75, 3.05) is 0 Å². The Morgan fingerprint density at radius 1 is 0.465 bits per heavy atom. The average molecular weight is 554 g/mol.